The van der Waals surface area contributed by atoms with Crippen LogP contribution in [0.5, 0.6) is 0 Å². The number of fused-ring (bicyclic) bond motifs is 1. The molecule has 1 fully saturated rings. The average Bonchev–Trinajstić information content (AvgIpc) is 2.80. The zero-order chi connectivity index (χ0) is 14.1. The van der Waals surface area contributed by atoms with E-state index in [1.807, 2.05) is 6.07 Å². The number of aliphatic hydroxyl groups is 1. The lowest BCUT2D eigenvalue weighted by Crippen LogP contribution is -2.31. The highest BCUT2D eigenvalue weighted by molar-refractivity contribution is 5.76. The SMILES string of the molecule is CCCc1nc2ccccc2n1C1CC(C)CCC1O. The van der Waals surface area contributed by atoms with E-state index >= 15 is 0 Å². The summed E-state index contributed by atoms with van der Waals surface area (Å²) in [7, 11) is 0. The van der Waals surface area contributed by atoms with Crippen molar-refractivity contribution in [2.75, 3.05) is 0 Å². The van der Waals surface area contributed by atoms with Gasteiger partial charge in [-0.1, -0.05) is 26.0 Å². The summed E-state index contributed by atoms with van der Waals surface area (Å²) in [5, 5.41) is 10.5. The number of imidazole rings is 1. The third-order valence-electron chi connectivity index (χ3n) is 4.52. The molecule has 3 unspecified atom stereocenters. The molecular weight excluding hydrogens is 248 g/mol. The van der Waals surface area contributed by atoms with Crippen LogP contribution in [0, 0.1) is 5.92 Å². The number of para-hydroxylation sites is 2. The lowest BCUT2D eigenvalue weighted by molar-refractivity contribution is 0.0582. The number of benzene rings is 1. The van der Waals surface area contributed by atoms with Crippen molar-refractivity contribution in [1.29, 1.82) is 0 Å². The molecule has 1 aliphatic rings. The monoisotopic (exact) mass is 272 g/mol. The Morgan fingerprint density at radius 3 is 2.90 bits per heavy atom. The quantitative estimate of drug-likeness (QED) is 0.925. The summed E-state index contributed by atoms with van der Waals surface area (Å²) in [5.74, 6) is 1.81. The molecule has 1 N–H and O–H groups in total. The second kappa shape index (κ2) is 5.57. The molecule has 1 heterocycles. The van der Waals surface area contributed by atoms with Gasteiger partial charge in [-0.05, 0) is 43.7 Å². The molecule has 2 aromatic rings. The zero-order valence-corrected chi connectivity index (χ0v) is 12.4. The third kappa shape index (κ3) is 2.35. The lowest BCUT2D eigenvalue weighted by Gasteiger charge is -2.34. The van der Waals surface area contributed by atoms with Crippen molar-refractivity contribution >= 4 is 11.0 Å². The van der Waals surface area contributed by atoms with Gasteiger partial charge >= 0.3 is 0 Å². The van der Waals surface area contributed by atoms with Crippen LogP contribution in [0.25, 0.3) is 11.0 Å². The highest BCUT2D eigenvalue weighted by Crippen LogP contribution is 2.35. The van der Waals surface area contributed by atoms with Crippen LogP contribution in [0.15, 0.2) is 24.3 Å². The number of aryl methyl sites for hydroxylation is 1. The fraction of sp³-hybridized carbons (Fsp3) is 0.588. The number of rotatable bonds is 3. The van der Waals surface area contributed by atoms with Crippen molar-refractivity contribution in [2.45, 2.75) is 58.1 Å². The molecule has 1 aliphatic carbocycles. The van der Waals surface area contributed by atoms with E-state index in [0.29, 0.717) is 5.92 Å². The summed E-state index contributed by atoms with van der Waals surface area (Å²) < 4.78 is 2.32. The topological polar surface area (TPSA) is 38.0 Å². The molecule has 1 saturated carbocycles. The van der Waals surface area contributed by atoms with Crippen LogP contribution in [0.1, 0.15) is 51.4 Å². The Morgan fingerprint density at radius 2 is 2.10 bits per heavy atom. The van der Waals surface area contributed by atoms with Crippen LogP contribution in [0.4, 0.5) is 0 Å². The van der Waals surface area contributed by atoms with Crippen LogP contribution in [-0.2, 0) is 6.42 Å². The minimum Gasteiger partial charge on any atom is -0.391 e. The van der Waals surface area contributed by atoms with Gasteiger partial charge in [0, 0.05) is 6.42 Å². The predicted octanol–water partition coefficient (Wildman–Crippen LogP) is 3.71. The summed E-state index contributed by atoms with van der Waals surface area (Å²) in [6.07, 6.45) is 4.92. The molecule has 0 bridgehead atoms. The molecule has 0 radical (unpaired) electrons. The van der Waals surface area contributed by atoms with E-state index in [0.717, 1.165) is 43.4 Å². The maximum atomic E-state index is 10.5. The molecule has 3 atom stereocenters. The first-order chi connectivity index (χ1) is 9.70. The third-order valence-corrected chi connectivity index (χ3v) is 4.52. The van der Waals surface area contributed by atoms with E-state index in [1.165, 1.54) is 5.52 Å². The molecule has 108 valence electrons. The number of aromatic nitrogens is 2. The van der Waals surface area contributed by atoms with Gasteiger partial charge in [-0.25, -0.2) is 4.98 Å². The van der Waals surface area contributed by atoms with Gasteiger partial charge in [0.15, 0.2) is 0 Å². The van der Waals surface area contributed by atoms with Crippen LogP contribution in [0.2, 0.25) is 0 Å². The number of aliphatic hydroxyl groups excluding tert-OH is 1. The maximum absolute atomic E-state index is 10.5. The summed E-state index contributed by atoms with van der Waals surface area (Å²) in [6, 6.07) is 8.49. The Morgan fingerprint density at radius 1 is 1.30 bits per heavy atom. The fourth-order valence-corrected chi connectivity index (χ4v) is 3.48. The first kappa shape index (κ1) is 13.6. The highest BCUT2D eigenvalue weighted by Gasteiger charge is 2.30. The second-order valence-electron chi connectivity index (χ2n) is 6.19. The molecule has 1 aromatic carbocycles. The van der Waals surface area contributed by atoms with Crippen LogP contribution < -0.4 is 0 Å². The largest absolute Gasteiger partial charge is 0.391 e. The Kier molecular flexibility index (Phi) is 3.79. The highest BCUT2D eigenvalue weighted by atomic mass is 16.3. The summed E-state index contributed by atoms with van der Waals surface area (Å²) in [6.45, 7) is 4.47. The van der Waals surface area contributed by atoms with Gasteiger partial charge in [0.2, 0.25) is 0 Å². The molecule has 20 heavy (non-hydrogen) atoms. The van der Waals surface area contributed by atoms with E-state index in [-0.39, 0.29) is 12.1 Å². The van der Waals surface area contributed by atoms with Gasteiger partial charge in [-0.3, -0.25) is 0 Å². The summed E-state index contributed by atoms with van der Waals surface area (Å²) >= 11 is 0. The van der Waals surface area contributed by atoms with E-state index in [4.69, 9.17) is 4.98 Å². The predicted molar refractivity (Wildman–Crippen MR) is 81.8 cm³/mol. The summed E-state index contributed by atoms with van der Waals surface area (Å²) in [4.78, 5) is 4.79. The average molecular weight is 272 g/mol. The van der Waals surface area contributed by atoms with Crippen LogP contribution in [0.3, 0.4) is 0 Å². The first-order valence-corrected chi connectivity index (χ1v) is 7.84. The fourth-order valence-electron chi connectivity index (χ4n) is 3.48. The van der Waals surface area contributed by atoms with E-state index in [1.54, 1.807) is 0 Å². The molecule has 0 spiro atoms. The molecule has 0 aliphatic heterocycles. The zero-order valence-electron chi connectivity index (χ0n) is 12.4. The molecule has 1 aromatic heterocycles. The normalized spacial score (nSPS) is 27.1. The minimum absolute atomic E-state index is 0.188. The smallest absolute Gasteiger partial charge is 0.110 e. The van der Waals surface area contributed by atoms with Crippen molar-refractivity contribution in [2.24, 2.45) is 5.92 Å². The number of nitrogens with zero attached hydrogens (tertiary/aromatic N) is 2. The second-order valence-corrected chi connectivity index (χ2v) is 6.19. The van der Waals surface area contributed by atoms with Gasteiger partial charge in [0.25, 0.3) is 0 Å². The Hall–Kier alpha value is -1.35. The molecule has 0 amide bonds. The Balaban J connectivity index is 2.09. The van der Waals surface area contributed by atoms with E-state index < -0.39 is 0 Å². The van der Waals surface area contributed by atoms with Gasteiger partial charge in [-0.15, -0.1) is 0 Å². The molecule has 3 nitrogen and oxygen atoms in total. The van der Waals surface area contributed by atoms with Gasteiger partial charge in [-0.2, -0.15) is 0 Å². The molecule has 0 saturated heterocycles. The first-order valence-electron chi connectivity index (χ1n) is 7.84. The van der Waals surface area contributed by atoms with Crippen LogP contribution >= 0.6 is 0 Å². The van der Waals surface area contributed by atoms with Gasteiger partial charge in [0.1, 0.15) is 5.82 Å². The van der Waals surface area contributed by atoms with E-state index in [9.17, 15) is 5.11 Å². The van der Waals surface area contributed by atoms with Gasteiger partial charge < -0.3 is 9.67 Å². The number of hydrogen-bond donors (Lipinski definition) is 1. The summed E-state index contributed by atoms with van der Waals surface area (Å²) in [5.41, 5.74) is 2.23. The van der Waals surface area contributed by atoms with Crippen LogP contribution in [-0.4, -0.2) is 20.8 Å². The van der Waals surface area contributed by atoms with Crippen molar-refractivity contribution in [3.05, 3.63) is 30.1 Å². The van der Waals surface area contributed by atoms with Gasteiger partial charge in [0.05, 0.1) is 23.2 Å². The minimum atomic E-state index is -0.237. The van der Waals surface area contributed by atoms with Crippen molar-refractivity contribution in [1.82, 2.24) is 9.55 Å². The molecule has 3 heteroatoms. The maximum Gasteiger partial charge on any atom is 0.110 e. The lowest BCUT2D eigenvalue weighted by atomic mass is 9.84. The van der Waals surface area contributed by atoms with Crippen molar-refractivity contribution in [3.8, 4) is 0 Å². The Labute approximate surface area is 120 Å². The Bertz CT molecular complexity index is 590. The molecule has 3 rings (SSSR count). The number of hydrogen-bond acceptors (Lipinski definition) is 2. The van der Waals surface area contributed by atoms with Crippen molar-refractivity contribution < 1.29 is 5.11 Å². The standard InChI is InChI=1S/C17H24N2O/c1-3-6-17-18-13-7-4-5-8-14(13)19(17)15-11-12(2)9-10-16(15)20/h4-5,7-8,12,15-16,20H,3,6,9-11H2,1-2H3. The van der Waals surface area contributed by atoms with Crippen molar-refractivity contribution in [3.63, 3.8) is 0 Å². The molecular formula is C17H24N2O. The van der Waals surface area contributed by atoms with E-state index in [2.05, 4.69) is 36.6 Å².